The second-order valence-corrected chi connectivity index (χ2v) is 8.24. The van der Waals surface area contributed by atoms with Crippen LogP contribution in [0, 0.1) is 18.6 Å². The lowest BCUT2D eigenvalue weighted by Crippen LogP contribution is -2.14. The second-order valence-electron chi connectivity index (χ2n) is 8.24. The maximum absolute atomic E-state index is 14.2. The molecule has 0 saturated carbocycles. The van der Waals surface area contributed by atoms with E-state index in [1.807, 2.05) is 0 Å². The van der Waals surface area contributed by atoms with Crippen LogP contribution >= 0.6 is 0 Å². The number of benzene rings is 2. The summed E-state index contributed by atoms with van der Waals surface area (Å²) in [4.78, 5) is 21.4. The highest BCUT2D eigenvalue weighted by Crippen LogP contribution is 2.39. The average Bonchev–Trinajstić information content (AvgIpc) is 3.29. The number of alkyl halides is 3. The van der Waals surface area contributed by atoms with E-state index >= 15 is 0 Å². The zero-order valence-corrected chi connectivity index (χ0v) is 19.1. The average molecular weight is 508 g/mol. The monoisotopic (exact) mass is 508 g/mol. The van der Waals surface area contributed by atoms with E-state index < -0.39 is 34.8 Å². The van der Waals surface area contributed by atoms with E-state index in [0.29, 0.717) is 28.0 Å². The Hall–Kier alpha value is -4.60. The van der Waals surface area contributed by atoms with Gasteiger partial charge in [0, 0.05) is 34.8 Å². The summed E-state index contributed by atoms with van der Waals surface area (Å²) in [5, 5.41) is 2.69. The van der Waals surface area contributed by atoms with Crippen LogP contribution in [-0.2, 0) is 6.18 Å². The van der Waals surface area contributed by atoms with E-state index in [2.05, 4.69) is 15.3 Å². The molecule has 1 N–H and O–H groups in total. The van der Waals surface area contributed by atoms with Gasteiger partial charge in [0.2, 0.25) is 0 Å². The van der Waals surface area contributed by atoms with Crippen LogP contribution in [0.5, 0.6) is 0 Å². The zero-order chi connectivity index (χ0) is 26.3. The van der Waals surface area contributed by atoms with Crippen molar-refractivity contribution in [3.05, 3.63) is 108 Å². The first kappa shape index (κ1) is 24.1. The van der Waals surface area contributed by atoms with E-state index in [-0.39, 0.29) is 11.4 Å². The Kier molecular flexibility index (Phi) is 5.94. The minimum atomic E-state index is -4.92. The van der Waals surface area contributed by atoms with Crippen LogP contribution in [0.1, 0.15) is 21.6 Å². The number of hydrogen-bond acceptors (Lipinski definition) is 3. The maximum atomic E-state index is 14.2. The zero-order valence-electron chi connectivity index (χ0n) is 19.1. The number of carbonyl (C=O) groups excluding carboxylic acids is 1. The van der Waals surface area contributed by atoms with Crippen molar-refractivity contribution in [3.63, 3.8) is 0 Å². The van der Waals surface area contributed by atoms with Gasteiger partial charge in [-0.3, -0.25) is 14.2 Å². The molecule has 5 nitrogen and oxygen atoms in total. The van der Waals surface area contributed by atoms with Crippen LogP contribution < -0.4 is 5.32 Å². The summed E-state index contributed by atoms with van der Waals surface area (Å²) in [5.74, 6) is -2.38. The number of carbonyl (C=O) groups is 1. The summed E-state index contributed by atoms with van der Waals surface area (Å²) in [5.41, 5.74) is 0.805. The summed E-state index contributed by atoms with van der Waals surface area (Å²) >= 11 is 0. The number of nitrogens with one attached hydrogen (secondary N) is 1. The number of hydrogen-bond donors (Lipinski definition) is 1. The number of imidazole rings is 1. The predicted octanol–water partition coefficient (Wildman–Crippen LogP) is 6.92. The highest BCUT2D eigenvalue weighted by Gasteiger charge is 2.38. The molecule has 0 atom stereocenters. The number of pyridine rings is 2. The van der Waals surface area contributed by atoms with Crippen LogP contribution in [0.15, 0.2) is 79.3 Å². The molecule has 0 aliphatic rings. The third kappa shape index (κ3) is 4.53. The van der Waals surface area contributed by atoms with Gasteiger partial charge in [-0.05, 0) is 49.4 Å². The van der Waals surface area contributed by atoms with Crippen molar-refractivity contribution in [2.75, 3.05) is 5.32 Å². The fraction of sp³-hybridized carbons (Fsp3) is 0.0741. The van der Waals surface area contributed by atoms with Crippen molar-refractivity contribution >= 4 is 17.1 Å². The number of rotatable bonds is 4. The number of nitrogens with zero attached hydrogens (tertiary/aromatic N) is 3. The predicted molar refractivity (Wildman–Crippen MR) is 128 cm³/mol. The van der Waals surface area contributed by atoms with Crippen molar-refractivity contribution in [1.82, 2.24) is 14.4 Å². The Labute approximate surface area is 207 Å². The molecule has 0 aliphatic carbocycles. The third-order valence-corrected chi connectivity index (χ3v) is 5.85. The first-order valence-corrected chi connectivity index (χ1v) is 11.0. The van der Waals surface area contributed by atoms with E-state index in [9.17, 15) is 26.7 Å². The molecular weight excluding hydrogens is 491 g/mol. The van der Waals surface area contributed by atoms with E-state index in [4.69, 9.17) is 0 Å². The summed E-state index contributed by atoms with van der Waals surface area (Å²) in [6.45, 7) is 1.66. The first-order valence-electron chi connectivity index (χ1n) is 11.0. The molecule has 3 aromatic heterocycles. The molecule has 186 valence electrons. The number of halogens is 5. The topological polar surface area (TPSA) is 59.3 Å². The number of amides is 1. The van der Waals surface area contributed by atoms with Crippen molar-refractivity contribution in [3.8, 4) is 22.5 Å². The highest BCUT2D eigenvalue weighted by atomic mass is 19.4. The van der Waals surface area contributed by atoms with Gasteiger partial charge < -0.3 is 5.32 Å². The Bertz CT molecular complexity index is 1640. The number of aryl methyl sites for hydroxylation is 1. The second kappa shape index (κ2) is 9.12. The van der Waals surface area contributed by atoms with Crippen LogP contribution in [0.25, 0.3) is 28.0 Å². The number of anilines is 1. The normalized spacial score (nSPS) is 11.6. The largest absolute Gasteiger partial charge is 0.419 e. The molecule has 0 saturated heterocycles. The summed E-state index contributed by atoms with van der Waals surface area (Å²) in [7, 11) is 0. The molecule has 5 aromatic rings. The molecule has 37 heavy (non-hydrogen) atoms. The van der Waals surface area contributed by atoms with Crippen molar-refractivity contribution in [2.45, 2.75) is 13.1 Å². The quantitative estimate of drug-likeness (QED) is 0.268. The highest BCUT2D eigenvalue weighted by molar-refractivity contribution is 6.05. The molecule has 0 radical (unpaired) electrons. The van der Waals surface area contributed by atoms with Gasteiger partial charge in [-0.2, -0.15) is 13.2 Å². The molecule has 0 spiro atoms. The minimum absolute atomic E-state index is 0.0852. The molecule has 2 aromatic carbocycles. The Morgan fingerprint density at radius 2 is 1.65 bits per heavy atom. The molecule has 0 unspecified atom stereocenters. The lowest BCUT2D eigenvalue weighted by molar-refractivity contribution is -0.139. The van der Waals surface area contributed by atoms with Crippen LogP contribution in [0.3, 0.4) is 0 Å². The van der Waals surface area contributed by atoms with Gasteiger partial charge in [0.15, 0.2) is 0 Å². The molecule has 1 amide bonds. The fourth-order valence-electron chi connectivity index (χ4n) is 4.11. The van der Waals surface area contributed by atoms with Gasteiger partial charge in [-0.15, -0.1) is 0 Å². The van der Waals surface area contributed by atoms with Gasteiger partial charge in [0.1, 0.15) is 23.0 Å². The SMILES string of the molecule is Cc1ncc(-c2cccn3c(-c4cccc(F)c4C(F)(F)F)ncc23)cc1C(=O)Nc1ccc(F)cc1. The van der Waals surface area contributed by atoms with Crippen molar-refractivity contribution in [2.24, 2.45) is 0 Å². The molecule has 10 heteroatoms. The maximum Gasteiger partial charge on any atom is 0.419 e. The number of fused-ring (bicyclic) bond motifs is 1. The standard InChI is InChI=1S/C27H17F5N4O/c1-15-21(26(37)35-18-9-7-17(28)8-10-18)12-16(13-33-15)19-5-3-11-36-23(19)14-34-25(36)20-4-2-6-22(29)24(20)27(30,31)32/h2-14H,1H3,(H,35,37). The Morgan fingerprint density at radius 3 is 2.38 bits per heavy atom. The lowest BCUT2D eigenvalue weighted by Gasteiger charge is -2.14. The van der Waals surface area contributed by atoms with Gasteiger partial charge >= 0.3 is 6.18 Å². The summed E-state index contributed by atoms with van der Waals surface area (Å²) < 4.78 is 69.7. The first-order chi connectivity index (χ1) is 17.6. The smallest absolute Gasteiger partial charge is 0.322 e. The molecule has 0 aliphatic heterocycles. The van der Waals surface area contributed by atoms with Gasteiger partial charge in [0.05, 0.1) is 23.0 Å². The van der Waals surface area contributed by atoms with Crippen LogP contribution in [0.4, 0.5) is 27.6 Å². The van der Waals surface area contributed by atoms with Gasteiger partial charge in [-0.25, -0.2) is 13.8 Å². The summed E-state index contributed by atoms with van der Waals surface area (Å²) in [6.07, 6.45) is -0.475. The van der Waals surface area contributed by atoms with E-state index in [1.54, 1.807) is 25.1 Å². The van der Waals surface area contributed by atoms with Crippen LogP contribution in [0.2, 0.25) is 0 Å². The Balaban J connectivity index is 1.58. The molecule has 5 rings (SSSR count). The van der Waals surface area contributed by atoms with Crippen molar-refractivity contribution < 1.29 is 26.7 Å². The number of aromatic nitrogens is 3. The van der Waals surface area contributed by atoms with E-state index in [1.165, 1.54) is 59.4 Å². The molecule has 3 heterocycles. The minimum Gasteiger partial charge on any atom is -0.322 e. The lowest BCUT2D eigenvalue weighted by atomic mass is 10.0. The summed E-state index contributed by atoms with van der Waals surface area (Å²) in [6, 6.07) is 13.3. The van der Waals surface area contributed by atoms with E-state index in [0.717, 1.165) is 6.07 Å². The van der Waals surface area contributed by atoms with Gasteiger partial charge in [0.25, 0.3) is 5.91 Å². The van der Waals surface area contributed by atoms with Crippen LogP contribution in [-0.4, -0.2) is 20.3 Å². The molecule has 0 bridgehead atoms. The Morgan fingerprint density at radius 1 is 0.919 bits per heavy atom. The third-order valence-electron chi connectivity index (χ3n) is 5.85. The van der Waals surface area contributed by atoms with Gasteiger partial charge in [-0.1, -0.05) is 18.2 Å². The molecule has 0 fully saturated rings. The van der Waals surface area contributed by atoms with Crippen molar-refractivity contribution in [1.29, 1.82) is 0 Å². The molecular formula is C27H17F5N4O. The fourth-order valence-corrected chi connectivity index (χ4v) is 4.11.